The molecule has 0 aromatic carbocycles. The topological polar surface area (TPSA) is 110 Å². The summed E-state index contributed by atoms with van der Waals surface area (Å²) in [5, 5.41) is 11.1. The van der Waals surface area contributed by atoms with Crippen molar-refractivity contribution in [3.05, 3.63) is 16.4 Å². The van der Waals surface area contributed by atoms with Gasteiger partial charge in [-0.1, -0.05) is 6.92 Å². The Morgan fingerprint density at radius 3 is 2.72 bits per heavy atom. The third-order valence-corrected chi connectivity index (χ3v) is 3.21. The molecule has 1 saturated heterocycles. The van der Waals surface area contributed by atoms with Crippen LogP contribution in [0, 0.1) is 16.0 Å². The highest BCUT2D eigenvalue weighted by Gasteiger charge is 2.28. The molecule has 1 aliphatic rings. The Hall–Kier alpha value is -1.96. The molecule has 1 aromatic heterocycles. The molecule has 8 nitrogen and oxygen atoms in total. The van der Waals surface area contributed by atoms with Crippen LogP contribution in [-0.2, 0) is 0 Å². The Bertz CT molecular complexity index is 444. The minimum Gasteiger partial charge on any atom is -0.351 e. The van der Waals surface area contributed by atoms with Gasteiger partial charge in [0.2, 0.25) is 11.6 Å². The molecule has 98 valence electrons. The zero-order chi connectivity index (χ0) is 13.1. The first-order valence-corrected chi connectivity index (χ1v) is 5.84. The van der Waals surface area contributed by atoms with Crippen molar-refractivity contribution in [3.8, 4) is 0 Å². The molecule has 8 heteroatoms. The Morgan fingerprint density at radius 2 is 2.17 bits per heavy atom. The summed E-state index contributed by atoms with van der Waals surface area (Å²) in [6.07, 6.45) is 3.30. The van der Waals surface area contributed by atoms with Crippen molar-refractivity contribution >= 4 is 17.3 Å². The third kappa shape index (κ3) is 2.33. The molecule has 1 aliphatic heterocycles. The van der Waals surface area contributed by atoms with Gasteiger partial charge < -0.3 is 10.3 Å². The molecule has 2 heterocycles. The first-order valence-electron chi connectivity index (χ1n) is 5.84. The molecule has 0 unspecified atom stereocenters. The summed E-state index contributed by atoms with van der Waals surface area (Å²) in [5.41, 5.74) is 2.09. The highest BCUT2D eigenvalue weighted by atomic mass is 16.6. The molecule has 18 heavy (non-hydrogen) atoms. The van der Waals surface area contributed by atoms with Crippen molar-refractivity contribution in [2.24, 2.45) is 11.8 Å². The molecule has 0 amide bonds. The van der Waals surface area contributed by atoms with Crippen LogP contribution < -0.4 is 16.2 Å². The molecule has 0 radical (unpaired) electrons. The van der Waals surface area contributed by atoms with E-state index >= 15 is 0 Å². The lowest BCUT2D eigenvalue weighted by Gasteiger charge is -2.30. The molecule has 0 aliphatic carbocycles. The minimum atomic E-state index is -0.497. The number of hydrogen-bond donors (Lipinski definition) is 2. The number of nitro groups is 1. The van der Waals surface area contributed by atoms with Crippen LogP contribution >= 0.6 is 0 Å². The fourth-order valence-corrected chi connectivity index (χ4v) is 2.10. The number of rotatable bonds is 3. The first kappa shape index (κ1) is 12.5. The minimum absolute atomic E-state index is 0.0450. The van der Waals surface area contributed by atoms with Crippen LogP contribution in [0.15, 0.2) is 6.33 Å². The van der Waals surface area contributed by atoms with Crippen LogP contribution in [0.5, 0.6) is 0 Å². The predicted octanol–water partition coefficient (Wildman–Crippen LogP) is 0.907. The van der Waals surface area contributed by atoms with Gasteiger partial charge in [-0.3, -0.25) is 10.1 Å². The van der Waals surface area contributed by atoms with Crippen LogP contribution in [0.25, 0.3) is 0 Å². The lowest BCUT2D eigenvalue weighted by molar-refractivity contribution is -0.383. The lowest BCUT2D eigenvalue weighted by atomic mass is 9.99. The van der Waals surface area contributed by atoms with Gasteiger partial charge in [0.1, 0.15) is 6.33 Å². The van der Waals surface area contributed by atoms with Crippen molar-refractivity contribution in [1.29, 1.82) is 0 Å². The van der Waals surface area contributed by atoms with E-state index in [-0.39, 0.29) is 11.5 Å². The van der Waals surface area contributed by atoms with Gasteiger partial charge in [-0.25, -0.2) is 15.8 Å². The van der Waals surface area contributed by atoms with Crippen molar-refractivity contribution in [2.45, 2.75) is 19.8 Å². The van der Waals surface area contributed by atoms with E-state index in [1.54, 1.807) is 0 Å². The number of nitrogen functional groups attached to an aromatic ring is 1. The molecule has 0 atom stereocenters. The molecular formula is C10H16N6O2. The smallest absolute Gasteiger partial charge is 0.351 e. The maximum Gasteiger partial charge on any atom is 0.354 e. The SMILES string of the molecule is CC1CCN(c2ncnc(NN)c2[N+](=O)[O-])CC1. The summed E-state index contributed by atoms with van der Waals surface area (Å²) in [7, 11) is 0. The first-order chi connectivity index (χ1) is 8.63. The largest absolute Gasteiger partial charge is 0.354 e. The number of anilines is 2. The van der Waals surface area contributed by atoms with E-state index in [4.69, 9.17) is 5.84 Å². The second kappa shape index (κ2) is 5.13. The van der Waals surface area contributed by atoms with E-state index < -0.39 is 4.92 Å². The van der Waals surface area contributed by atoms with Crippen molar-refractivity contribution in [1.82, 2.24) is 9.97 Å². The molecular weight excluding hydrogens is 236 g/mol. The molecule has 0 saturated carbocycles. The van der Waals surface area contributed by atoms with E-state index in [9.17, 15) is 10.1 Å². The summed E-state index contributed by atoms with van der Waals surface area (Å²) >= 11 is 0. The quantitative estimate of drug-likeness (QED) is 0.467. The van der Waals surface area contributed by atoms with Gasteiger partial charge in [0.25, 0.3) is 0 Å². The van der Waals surface area contributed by atoms with Gasteiger partial charge in [0, 0.05) is 13.1 Å². The summed E-state index contributed by atoms with van der Waals surface area (Å²) in [6.45, 7) is 3.71. The molecule has 3 N–H and O–H groups in total. The fraction of sp³-hybridized carbons (Fsp3) is 0.600. The number of hydrazine groups is 1. The zero-order valence-corrected chi connectivity index (χ0v) is 10.2. The van der Waals surface area contributed by atoms with Crippen LogP contribution in [-0.4, -0.2) is 28.0 Å². The number of hydrogen-bond acceptors (Lipinski definition) is 7. The van der Waals surface area contributed by atoms with E-state index in [1.165, 1.54) is 6.33 Å². The van der Waals surface area contributed by atoms with Gasteiger partial charge in [-0.05, 0) is 18.8 Å². The van der Waals surface area contributed by atoms with Crippen LogP contribution in [0.3, 0.4) is 0 Å². The standard InChI is InChI=1S/C10H16N6O2/c1-7-2-4-15(5-3-7)10-8(16(17)18)9(14-11)12-6-13-10/h6-7H,2-5,11H2,1H3,(H,12,13,14). The normalized spacial score (nSPS) is 16.7. The maximum absolute atomic E-state index is 11.1. The number of nitrogens with one attached hydrogen (secondary N) is 1. The van der Waals surface area contributed by atoms with E-state index in [2.05, 4.69) is 22.3 Å². The van der Waals surface area contributed by atoms with Gasteiger partial charge in [-0.2, -0.15) is 0 Å². The lowest BCUT2D eigenvalue weighted by Crippen LogP contribution is -2.34. The van der Waals surface area contributed by atoms with Gasteiger partial charge in [-0.15, -0.1) is 0 Å². The van der Waals surface area contributed by atoms with Crippen molar-refractivity contribution in [2.75, 3.05) is 23.4 Å². The van der Waals surface area contributed by atoms with E-state index in [0.717, 1.165) is 25.9 Å². The Labute approximate surface area is 104 Å². The average molecular weight is 252 g/mol. The third-order valence-electron chi connectivity index (χ3n) is 3.21. The summed E-state index contributed by atoms with van der Waals surface area (Å²) in [6, 6.07) is 0. The van der Waals surface area contributed by atoms with Crippen LogP contribution in [0.1, 0.15) is 19.8 Å². The number of nitrogens with two attached hydrogens (primary N) is 1. The van der Waals surface area contributed by atoms with Gasteiger partial charge in [0.05, 0.1) is 4.92 Å². The monoisotopic (exact) mass is 252 g/mol. The predicted molar refractivity (Wildman–Crippen MR) is 67.1 cm³/mol. The molecule has 1 aromatic rings. The molecule has 0 spiro atoms. The highest BCUT2D eigenvalue weighted by Crippen LogP contribution is 2.33. The summed E-state index contributed by atoms with van der Waals surface area (Å²) in [4.78, 5) is 20.3. The average Bonchev–Trinajstić information content (AvgIpc) is 2.38. The number of aromatic nitrogens is 2. The second-order valence-corrected chi connectivity index (χ2v) is 4.47. The van der Waals surface area contributed by atoms with Gasteiger partial charge >= 0.3 is 5.69 Å². The highest BCUT2D eigenvalue weighted by molar-refractivity contribution is 5.69. The molecule has 2 rings (SSSR count). The van der Waals surface area contributed by atoms with Crippen molar-refractivity contribution < 1.29 is 4.92 Å². The number of piperidine rings is 1. The van der Waals surface area contributed by atoms with E-state index in [0.29, 0.717) is 11.7 Å². The van der Waals surface area contributed by atoms with Crippen molar-refractivity contribution in [3.63, 3.8) is 0 Å². The van der Waals surface area contributed by atoms with Crippen LogP contribution in [0.4, 0.5) is 17.3 Å². The number of nitrogens with zero attached hydrogens (tertiary/aromatic N) is 4. The van der Waals surface area contributed by atoms with Crippen LogP contribution in [0.2, 0.25) is 0 Å². The Morgan fingerprint density at radius 1 is 1.50 bits per heavy atom. The molecule has 1 fully saturated rings. The van der Waals surface area contributed by atoms with Gasteiger partial charge in [0.15, 0.2) is 0 Å². The zero-order valence-electron chi connectivity index (χ0n) is 10.2. The molecule has 0 bridgehead atoms. The Balaban J connectivity index is 2.35. The summed E-state index contributed by atoms with van der Waals surface area (Å²) in [5.74, 6) is 6.28. The van der Waals surface area contributed by atoms with E-state index in [1.807, 2.05) is 4.90 Å². The second-order valence-electron chi connectivity index (χ2n) is 4.47. The fourth-order valence-electron chi connectivity index (χ4n) is 2.10. The summed E-state index contributed by atoms with van der Waals surface area (Å²) < 4.78 is 0. The maximum atomic E-state index is 11.1. The Kier molecular flexibility index (Phi) is 3.56.